The first kappa shape index (κ1) is 10.1. The summed E-state index contributed by atoms with van der Waals surface area (Å²) >= 11 is 0. The third-order valence-electron chi connectivity index (χ3n) is 2.05. The molecule has 6 nitrogen and oxygen atoms in total. The van der Waals surface area contributed by atoms with E-state index in [9.17, 15) is 20.2 Å². The molecule has 0 unspecified atom stereocenters. The number of nitrogens with zero attached hydrogens (tertiary/aromatic N) is 2. The normalized spacial score (nSPS) is 18.4. The van der Waals surface area contributed by atoms with Gasteiger partial charge in [-0.1, -0.05) is 18.7 Å². The molecule has 0 amide bonds. The smallest absolute Gasteiger partial charge is 0.258 e. The van der Waals surface area contributed by atoms with Crippen molar-refractivity contribution in [1.29, 1.82) is 0 Å². The zero-order valence-electron chi connectivity index (χ0n) is 7.25. The number of nitro groups is 2. The minimum absolute atomic E-state index is 0.245. The molecule has 0 bridgehead atoms. The second-order valence-electron chi connectivity index (χ2n) is 2.84. The van der Waals surface area contributed by atoms with Gasteiger partial charge in [-0.3, -0.25) is 20.2 Å². The van der Waals surface area contributed by atoms with Crippen molar-refractivity contribution >= 4 is 0 Å². The fraction of sp³-hybridized carbons (Fsp3) is 0.250. The summed E-state index contributed by atoms with van der Waals surface area (Å²) in [5.74, 6) is 0. The molecule has 0 radical (unpaired) electrons. The molecule has 1 rings (SSSR count). The lowest BCUT2D eigenvalue weighted by Crippen LogP contribution is -2.44. The average molecular weight is 196 g/mol. The molecule has 0 N–H and O–H groups in total. The van der Waals surface area contributed by atoms with Gasteiger partial charge < -0.3 is 0 Å². The summed E-state index contributed by atoms with van der Waals surface area (Å²) in [6.07, 6.45) is 5.00. The molecule has 0 spiro atoms. The number of hydrogen-bond acceptors (Lipinski definition) is 4. The Bertz CT molecular complexity index is 342. The maximum atomic E-state index is 10.6. The summed E-state index contributed by atoms with van der Waals surface area (Å²) < 4.78 is 0. The first-order chi connectivity index (χ1) is 6.53. The van der Waals surface area contributed by atoms with Crippen LogP contribution < -0.4 is 0 Å². The number of allylic oxidation sites excluding steroid dienone is 3. The van der Waals surface area contributed by atoms with Crippen molar-refractivity contribution in [3.8, 4) is 0 Å². The largest absolute Gasteiger partial charge is 0.481 e. The van der Waals surface area contributed by atoms with Crippen LogP contribution in [0, 0.1) is 20.2 Å². The fourth-order valence-electron chi connectivity index (χ4n) is 1.12. The summed E-state index contributed by atoms with van der Waals surface area (Å²) in [7, 11) is 0. The lowest BCUT2D eigenvalue weighted by atomic mass is 9.98. The highest BCUT2D eigenvalue weighted by Gasteiger charge is 2.53. The molecule has 0 saturated carbocycles. The lowest BCUT2D eigenvalue weighted by molar-refractivity contribution is -0.780. The van der Waals surface area contributed by atoms with Crippen molar-refractivity contribution in [2.75, 3.05) is 0 Å². The Morgan fingerprint density at radius 2 is 2.00 bits per heavy atom. The van der Waals surface area contributed by atoms with E-state index < -0.39 is 15.5 Å². The second-order valence-corrected chi connectivity index (χ2v) is 2.84. The molecular formula is C8H8N2O4. The van der Waals surface area contributed by atoms with Gasteiger partial charge in [-0.25, -0.2) is 0 Å². The Kier molecular flexibility index (Phi) is 2.46. The van der Waals surface area contributed by atoms with Crippen molar-refractivity contribution in [3.05, 3.63) is 56.7 Å². The molecule has 1 aliphatic rings. The van der Waals surface area contributed by atoms with E-state index in [1.54, 1.807) is 0 Å². The van der Waals surface area contributed by atoms with Crippen LogP contribution in [0.25, 0.3) is 0 Å². The Morgan fingerprint density at radius 3 is 2.29 bits per heavy atom. The number of hydrogen-bond donors (Lipinski definition) is 0. The molecule has 74 valence electrons. The van der Waals surface area contributed by atoms with E-state index in [0.29, 0.717) is 5.57 Å². The van der Waals surface area contributed by atoms with Crippen LogP contribution in [0.1, 0.15) is 6.42 Å². The molecule has 0 heterocycles. The Labute approximate surface area is 79.5 Å². The van der Waals surface area contributed by atoms with Gasteiger partial charge in [0.15, 0.2) is 0 Å². The van der Waals surface area contributed by atoms with Gasteiger partial charge in [-0.2, -0.15) is 0 Å². The van der Waals surface area contributed by atoms with Crippen LogP contribution in [-0.2, 0) is 0 Å². The van der Waals surface area contributed by atoms with E-state index in [4.69, 9.17) is 0 Å². The van der Waals surface area contributed by atoms with Crippen LogP contribution >= 0.6 is 0 Å². The van der Waals surface area contributed by atoms with E-state index in [1.807, 2.05) is 0 Å². The highest BCUT2D eigenvalue weighted by Crippen LogP contribution is 2.25. The molecule has 0 aliphatic heterocycles. The zero-order valence-corrected chi connectivity index (χ0v) is 7.25. The van der Waals surface area contributed by atoms with E-state index >= 15 is 0 Å². The first-order valence-corrected chi connectivity index (χ1v) is 3.84. The maximum absolute atomic E-state index is 10.6. The molecular weight excluding hydrogens is 188 g/mol. The standard InChI is InChI=1S/C8H8N2O4/c1-2-7-3-5-8(6-4-7,9(11)12)10(13)14/h2-5H,1,6H2. The highest BCUT2D eigenvalue weighted by atomic mass is 16.7. The molecule has 6 heteroatoms. The van der Waals surface area contributed by atoms with Crippen LogP contribution in [0.2, 0.25) is 0 Å². The van der Waals surface area contributed by atoms with Gasteiger partial charge in [0.1, 0.15) is 16.3 Å². The van der Waals surface area contributed by atoms with Crippen molar-refractivity contribution < 1.29 is 9.85 Å². The minimum Gasteiger partial charge on any atom is -0.258 e. The molecule has 0 aromatic rings. The van der Waals surface area contributed by atoms with Crippen LogP contribution in [-0.4, -0.2) is 15.5 Å². The SMILES string of the molecule is C=CC1=CCC([N+](=O)[O-])([N+](=O)[O-])C=C1. The predicted molar refractivity (Wildman–Crippen MR) is 48.8 cm³/mol. The number of rotatable bonds is 3. The van der Waals surface area contributed by atoms with Gasteiger partial charge in [0.2, 0.25) is 0 Å². The summed E-state index contributed by atoms with van der Waals surface area (Å²) in [5, 5.41) is 21.1. The molecule has 0 atom stereocenters. The van der Waals surface area contributed by atoms with Crippen LogP contribution in [0.4, 0.5) is 0 Å². The van der Waals surface area contributed by atoms with Crippen molar-refractivity contribution in [2.24, 2.45) is 0 Å². The summed E-state index contributed by atoms with van der Waals surface area (Å²) in [5.41, 5.74) is -1.55. The Hall–Kier alpha value is -1.98. The third-order valence-corrected chi connectivity index (χ3v) is 2.05. The summed E-state index contributed by atoms with van der Waals surface area (Å²) in [4.78, 5) is 19.4. The maximum Gasteiger partial charge on any atom is 0.481 e. The quantitative estimate of drug-likeness (QED) is 0.386. The van der Waals surface area contributed by atoms with Crippen LogP contribution in [0.15, 0.2) is 36.5 Å². The van der Waals surface area contributed by atoms with Crippen molar-refractivity contribution in [1.82, 2.24) is 0 Å². The third kappa shape index (κ3) is 1.41. The van der Waals surface area contributed by atoms with Gasteiger partial charge in [-0.15, -0.1) is 0 Å². The predicted octanol–water partition coefficient (Wildman–Crippen LogP) is 1.31. The topological polar surface area (TPSA) is 86.3 Å². The molecule has 0 aromatic heterocycles. The summed E-state index contributed by atoms with van der Waals surface area (Å²) in [6.45, 7) is 3.46. The average Bonchev–Trinajstić information content (AvgIpc) is 2.17. The molecule has 14 heavy (non-hydrogen) atoms. The summed E-state index contributed by atoms with van der Waals surface area (Å²) in [6, 6.07) is 0. The van der Waals surface area contributed by atoms with Gasteiger partial charge in [0.05, 0.1) is 6.08 Å². The molecule has 0 fully saturated rings. The van der Waals surface area contributed by atoms with Crippen molar-refractivity contribution in [2.45, 2.75) is 12.1 Å². The first-order valence-electron chi connectivity index (χ1n) is 3.84. The minimum atomic E-state index is -2.20. The van der Waals surface area contributed by atoms with Gasteiger partial charge in [0, 0.05) is 0 Å². The van der Waals surface area contributed by atoms with Gasteiger partial charge in [0.25, 0.3) is 0 Å². The molecule has 1 aliphatic carbocycles. The van der Waals surface area contributed by atoms with E-state index in [2.05, 4.69) is 6.58 Å². The van der Waals surface area contributed by atoms with Crippen LogP contribution in [0.5, 0.6) is 0 Å². The van der Waals surface area contributed by atoms with Gasteiger partial charge in [-0.05, 0) is 11.6 Å². The molecule has 0 saturated heterocycles. The second kappa shape index (κ2) is 3.41. The molecule has 0 aromatic carbocycles. The van der Waals surface area contributed by atoms with Crippen molar-refractivity contribution in [3.63, 3.8) is 0 Å². The fourth-order valence-corrected chi connectivity index (χ4v) is 1.12. The van der Waals surface area contributed by atoms with Gasteiger partial charge >= 0.3 is 5.66 Å². The Morgan fingerprint density at radius 1 is 1.43 bits per heavy atom. The van der Waals surface area contributed by atoms with E-state index in [-0.39, 0.29) is 6.42 Å². The lowest BCUT2D eigenvalue weighted by Gasteiger charge is -2.14. The zero-order chi connectivity index (χ0) is 10.8. The highest BCUT2D eigenvalue weighted by molar-refractivity contribution is 5.33. The van der Waals surface area contributed by atoms with Crippen LogP contribution in [0.3, 0.4) is 0 Å². The van der Waals surface area contributed by atoms with E-state index in [0.717, 1.165) is 6.08 Å². The monoisotopic (exact) mass is 196 g/mol. The Balaban J connectivity index is 3.05. The van der Waals surface area contributed by atoms with E-state index in [1.165, 1.54) is 18.2 Å².